The summed E-state index contributed by atoms with van der Waals surface area (Å²) < 4.78 is 24.0. The monoisotopic (exact) mass is 490 g/mol. The van der Waals surface area contributed by atoms with Gasteiger partial charge in [0.25, 0.3) is 11.8 Å². The summed E-state index contributed by atoms with van der Waals surface area (Å²) in [6.45, 7) is 1.69. The van der Waals surface area contributed by atoms with Gasteiger partial charge in [0.15, 0.2) is 21.9 Å². The molecule has 2 aromatic carbocycles. The normalized spacial score (nSPS) is 15.5. The molecule has 8 nitrogen and oxygen atoms in total. The van der Waals surface area contributed by atoms with Crippen LogP contribution in [0.25, 0.3) is 6.08 Å². The molecule has 2 N–H and O–H groups in total. The fourth-order valence-corrected chi connectivity index (χ4v) is 4.00. The van der Waals surface area contributed by atoms with Gasteiger partial charge < -0.3 is 14.6 Å². The van der Waals surface area contributed by atoms with Crippen molar-refractivity contribution in [1.82, 2.24) is 10.4 Å². The number of rotatable bonds is 8. The van der Waals surface area contributed by atoms with Gasteiger partial charge in [-0.05, 0) is 66.7 Å². The van der Waals surface area contributed by atoms with Crippen molar-refractivity contribution in [1.29, 1.82) is 0 Å². The number of carboxylic acids is 1. The summed E-state index contributed by atoms with van der Waals surface area (Å²) in [7, 11) is 1.41. The maximum absolute atomic E-state index is 13.1. The Morgan fingerprint density at radius 1 is 1.24 bits per heavy atom. The van der Waals surface area contributed by atoms with Crippen LogP contribution in [-0.2, 0) is 9.59 Å². The quantitative estimate of drug-likeness (QED) is 0.427. The van der Waals surface area contributed by atoms with E-state index in [2.05, 4.69) is 5.43 Å². The minimum Gasteiger partial charge on any atom is -0.493 e. The molecular formula is C22H19FN2O6S2. The van der Waals surface area contributed by atoms with E-state index in [0.717, 1.165) is 28.9 Å². The highest BCUT2D eigenvalue weighted by molar-refractivity contribution is 8.26. The van der Waals surface area contributed by atoms with E-state index in [1.54, 1.807) is 31.2 Å². The summed E-state index contributed by atoms with van der Waals surface area (Å²) >= 11 is 6.20. The van der Waals surface area contributed by atoms with Gasteiger partial charge in [-0.15, -0.1) is 0 Å². The van der Waals surface area contributed by atoms with E-state index in [1.165, 1.54) is 19.2 Å². The lowest BCUT2D eigenvalue weighted by atomic mass is 10.1. The summed E-state index contributed by atoms with van der Waals surface area (Å²) in [6, 6.07) is 9.64. The Hall–Kier alpha value is -3.44. The standard InChI is InChI=1S/C22H19FN2O6S2/c1-3-15(21(28)29)31-16-9-4-12(10-17(16)30-2)11-18-20(27)25(22(32)33-18)24-19(26)13-5-7-14(23)8-6-13/h4-11,15H,3H2,1-2H3,(H,24,26)(H,28,29)/b18-11+. The van der Waals surface area contributed by atoms with Crippen LogP contribution in [0.1, 0.15) is 29.3 Å². The number of amides is 2. The molecule has 1 fully saturated rings. The third-order valence-corrected chi connectivity index (χ3v) is 5.82. The first-order chi connectivity index (χ1) is 15.7. The predicted molar refractivity (Wildman–Crippen MR) is 124 cm³/mol. The van der Waals surface area contributed by atoms with Crippen LogP contribution in [-0.4, -0.2) is 45.4 Å². The van der Waals surface area contributed by atoms with Crippen LogP contribution < -0.4 is 14.9 Å². The number of methoxy groups -OCH3 is 1. The number of benzene rings is 2. The summed E-state index contributed by atoms with van der Waals surface area (Å²) in [5.74, 6) is -2.17. The fourth-order valence-electron chi connectivity index (χ4n) is 2.82. The van der Waals surface area contributed by atoms with Crippen LogP contribution >= 0.6 is 24.0 Å². The summed E-state index contributed by atoms with van der Waals surface area (Å²) in [5.41, 5.74) is 3.16. The Bertz CT molecular complexity index is 1140. The molecule has 3 rings (SSSR count). The SMILES string of the molecule is CCC(Oc1ccc(/C=C2/SC(=S)N(NC(=O)c3ccc(F)cc3)C2=O)cc1OC)C(=O)O. The number of ether oxygens (including phenoxy) is 2. The molecule has 0 spiro atoms. The van der Waals surface area contributed by atoms with E-state index in [4.69, 9.17) is 21.7 Å². The first-order valence-electron chi connectivity index (χ1n) is 9.65. The average Bonchev–Trinajstić information content (AvgIpc) is 3.05. The van der Waals surface area contributed by atoms with Crippen molar-refractivity contribution < 1.29 is 33.4 Å². The molecule has 0 aromatic heterocycles. The molecule has 2 amide bonds. The van der Waals surface area contributed by atoms with Crippen molar-refractivity contribution in [3.8, 4) is 11.5 Å². The maximum atomic E-state index is 13.1. The highest BCUT2D eigenvalue weighted by Gasteiger charge is 2.34. The Labute approximate surface area is 198 Å². The number of carbonyl (C=O) groups excluding carboxylic acids is 2. The van der Waals surface area contributed by atoms with Crippen LogP contribution in [0.5, 0.6) is 11.5 Å². The number of nitrogens with zero attached hydrogens (tertiary/aromatic N) is 1. The highest BCUT2D eigenvalue weighted by Crippen LogP contribution is 2.34. The topological polar surface area (TPSA) is 105 Å². The van der Waals surface area contributed by atoms with Crippen LogP contribution in [0.3, 0.4) is 0 Å². The number of carbonyl (C=O) groups is 3. The zero-order valence-corrected chi connectivity index (χ0v) is 19.2. The van der Waals surface area contributed by atoms with Crippen molar-refractivity contribution in [2.75, 3.05) is 7.11 Å². The van der Waals surface area contributed by atoms with E-state index in [0.29, 0.717) is 11.3 Å². The van der Waals surface area contributed by atoms with Crippen LogP contribution in [0, 0.1) is 5.82 Å². The highest BCUT2D eigenvalue weighted by atomic mass is 32.2. The third kappa shape index (κ3) is 5.68. The first-order valence-corrected chi connectivity index (χ1v) is 10.9. The van der Waals surface area contributed by atoms with Crippen LogP contribution in [0.15, 0.2) is 47.4 Å². The van der Waals surface area contributed by atoms with Crippen molar-refractivity contribution in [3.63, 3.8) is 0 Å². The molecule has 0 bridgehead atoms. The minimum atomic E-state index is -1.09. The van der Waals surface area contributed by atoms with Gasteiger partial charge in [-0.1, -0.05) is 24.8 Å². The fraction of sp³-hybridized carbons (Fsp3) is 0.182. The van der Waals surface area contributed by atoms with Gasteiger partial charge in [0, 0.05) is 5.56 Å². The molecule has 1 saturated heterocycles. The molecular weight excluding hydrogens is 471 g/mol. The third-order valence-electron chi connectivity index (χ3n) is 4.51. The molecule has 1 unspecified atom stereocenters. The van der Waals surface area contributed by atoms with E-state index in [-0.39, 0.29) is 27.0 Å². The number of carboxylic acid groups (broad SMARTS) is 1. The zero-order chi connectivity index (χ0) is 24.1. The number of hydrazine groups is 1. The van der Waals surface area contributed by atoms with Crippen molar-refractivity contribution in [2.45, 2.75) is 19.4 Å². The van der Waals surface area contributed by atoms with E-state index in [1.807, 2.05) is 0 Å². The second kappa shape index (κ2) is 10.5. The zero-order valence-electron chi connectivity index (χ0n) is 17.5. The largest absolute Gasteiger partial charge is 0.493 e. The first kappa shape index (κ1) is 24.2. The van der Waals surface area contributed by atoms with E-state index < -0.39 is 29.7 Å². The molecule has 1 aliphatic heterocycles. The van der Waals surface area contributed by atoms with Gasteiger partial charge in [-0.25, -0.2) is 9.18 Å². The summed E-state index contributed by atoms with van der Waals surface area (Å²) in [5, 5.41) is 10.1. The molecule has 0 aliphatic carbocycles. The minimum absolute atomic E-state index is 0.126. The smallest absolute Gasteiger partial charge is 0.344 e. The molecule has 1 atom stereocenters. The van der Waals surface area contributed by atoms with Gasteiger partial charge in [0.05, 0.1) is 12.0 Å². The Balaban J connectivity index is 1.77. The molecule has 0 radical (unpaired) electrons. The maximum Gasteiger partial charge on any atom is 0.344 e. The number of nitrogens with one attached hydrogen (secondary N) is 1. The van der Waals surface area contributed by atoms with Crippen LogP contribution in [0.2, 0.25) is 0 Å². The van der Waals surface area contributed by atoms with Crippen molar-refractivity contribution >= 4 is 52.2 Å². The number of aliphatic carboxylic acids is 1. The predicted octanol–water partition coefficient (Wildman–Crippen LogP) is 3.62. The van der Waals surface area contributed by atoms with Crippen molar-refractivity contribution in [2.24, 2.45) is 0 Å². The second-order valence-corrected chi connectivity index (χ2v) is 8.40. The Kier molecular flexibility index (Phi) is 7.67. The van der Waals surface area contributed by atoms with Crippen molar-refractivity contribution in [3.05, 3.63) is 64.3 Å². The van der Waals surface area contributed by atoms with E-state index in [9.17, 15) is 23.9 Å². The molecule has 172 valence electrons. The number of hydrogen-bond acceptors (Lipinski definition) is 7. The Morgan fingerprint density at radius 3 is 2.55 bits per heavy atom. The van der Waals surface area contributed by atoms with Gasteiger partial charge >= 0.3 is 5.97 Å². The number of halogens is 1. The number of thiocarbonyl (C=S) groups is 1. The van der Waals surface area contributed by atoms with Crippen LogP contribution in [0.4, 0.5) is 4.39 Å². The molecule has 33 heavy (non-hydrogen) atoms. The molecule has 1 aliphatic rings. The van der Waals surface area contributed by atoms with Gasteiger partial charge in [-0.2, -0.15) is 5.01 Å². The molecule has 1 heterocycles. The Morgan fingerprint density at radius 2 is 1.94 bits per heavy atom. The lowest BCUT2D eigenvalue weighted by molar-refractivity contribution is -0.145. The lowest BCUT2D eigenvalue weighted by Gasteiger charge is -2.16. The van der Waals surface area contributed by atoms with Gasteiger partial charge in [0.2, 0.25) is 0 Å². The van der Waals surface area contributed by atoms with Gasteiger partial charge in [0.1, 0.15) is 5.82 Å². The second-order valence-electron chi connectivity index (χ2n) is 6.73. The lowest BCUT2D eigenvalue weighted by Crippen LogP contribution is -2.44. The number of thioether (sulfide) groups is 1. The molecule has 0 saturated carbocycles. The number of hydrogen-bond donors (Lipinski definition) is 2. The average molecular weight is 491 g/mol. The summed E-state index contributed by atoms with van der Waals surface area (Å²) in [4.78, 5) is 36.6. The molecule has 2 aromatic rings. The summed E-state index contributed by atoms with van der Waals surface area (Å²) in [6.07, 6.45) is 0.807. The van der Waals surface area contributed by atoms with Gasteiger partial charge in [-0.3, -0.25) is 15.0 Å². The van der Waals surface area contributed by atoms with E-state index >= 15 is 0 Å². The molecule has 11 heteroatoms.